The van der Waals surface area contributed by atoms with Crippen molar-refractivity contribution in [1.82, 2.24) is 5.32 Å². The van der Waals surface area contributed by atoms with Gasteiger partial charge in [-0.3, -0.25) is 43.2 Å². The number of aliphatic carboxylic acids is 2. The van der Waals surface area contributed by atoms with Crippen molar-refractivity contribution in [3.63, 3.8) is 0 Å². The molecular weight excluding hydrogens is 1570 g/mol. The van der Waals surface area contributed by atoms with E-state index in [2.05, 4.69) is 67.6 Å². The van der Waals surface area contributed by atoms with Crippen molar-refractivity contribution < 1.29 is 185 Å². The minimum absolute atomic E-state index is 0. The first kappa shape index (κ1) is 115. The number of halogens is 1. The fourth-order valence-electron chi connectivity index (χ4n) is 7.47. The Bertz CT molecular complexity index is 3220. The topological polar surface area (TPSA) is 767 Å². The Morgan fingerprint density at radius 1 is 0.482 bits per heavy atom. The average Bonchev–Trinajstić information content (AvgIpc) is 0.823. The Morgan fingerprint density at radius 3 is 1.12 bits per heavy atom. The Balaban J connectivity index is -0.000000260. The zero-order chi connectivity index (χ0) is 85.1. The van der Waals surface area contributed by atoms with Gasteiger partial charge in [0.1, 0.15) is 74.0 Å². The molecule has 0 heterocycles. The predicted octanol–water partition coefficient (Wildman–Crippen LogP) is -0.693. The first-order chi connectivity index (χ1) is 52.5. The van der Waals surface area contributed by atoms with Gasteiger partial charge in [-0.2, -0.15) is 0 Å². The van der Waals surface area contributed by atoms with Crippen molar-refractivity contribution in [3.8, 4) is 23.0 Å². The smallest absolute Gasteiger partial charge is 0.870 e. The van der Waals surface area contributed by atoms with Crippen molar-refractivity contribution in [1.29, 1.82) is 0 Å². The molecule has 14 N–H and O–H groups in total. The van der Waals surface area contributed by atoms with Crippen LogP contribution in [-0.2, 0) is 91.0 Å². The standard InChI is InChI=1S/C20H29N5O13.C14H21N3O6.C7H12N2O8.C7H12O2.C6H10N2O8.C6H10O2.ClH.Li.H2O/c1-34-15-6-5-14(19(28)18(15)20(21)29)23-17(27)12-36-10-9-35-8-7-22-16(26)4-2-3-13(38-25(32)33)11-37-24(30)31;1-21-10-3-2-9(13(19)12(10)14(16)20)17-11(18)8-23-7-6-22-5-4-15;1-15-7(10)4-2-3-6(17-9(13)14)5-16-8(11)12;1-3-4-5-6-7(8)9-2;9-6(10)3-1-2-5(16-8(13)14)4-15-7(11)12;1-2-3-4-5-6(7)8;;;/h5-6,13,28H,2-4,7-12H2,1H3,(H2,21,29)(H,22,26)(H,23,27);2-3,19H,4-8,15H2,1H3,(H2,16,20)(H,17,18);6H,2-5H2,1H3;3H,1,4-6H2,2H3;5H,1-4H2,(H,9,10);2H,1,3-5H2,(H,7,8);1H;;1H2/q;;;;;;;+1;/p-1. The van der Waals surface area contributed by atoms with Crippen molar-refractivity contribution >= 4 is 77.2 Å². The number of amides is 5. The maximum absolute atomic E-state index is 12.0. The Morgan fingerprint density at radius 2 is 0.807 bits per heavy atom. The third-order valence-corrected chi connectivity index (χ3v) is 12.4. The molecule has 0 bridgehead atoms. The molecule has 0 aliphatic rings. The number of primary amides is 2. The van der Waals surface area contributed by atoms with E-state index in [0.29, 0.717) is 32.6 Å². The van der Waals surface area contributed by atoms with E-state index >= 15 is 0 Å². The van der Waals surface area contributed by atoms with Gasteiger partial charge in [-0.15, -0.1) is 86.3 Å². The molecule has 114 heavy (non-hydrogen) atoms. The van der Waals surface area contributed by atoms with E-state index in [1.54, 1.807) is 12.2 Å². The summed E-state index contributed by atoms with van der Waals surface area (Å²) in [5.41, 5.74) is 15.2. The number of nitrogens with one attached hydrogen (secondary N) is 3. The molecule has 2 aromatic rings. The molecule has 0 spiro atoms. The second-order valence-electron chi connectivity index (χ2n) is 20.8. The van der Waals surface area contributed by atoms with Crippen LogP contribution in [0.4, 0.5) is 11.4 Å². The minimum Gasteiger partial charge on any atom is -0.870 e. The first-order valence-corrected chi connectivity index (χ1v) is 32.3. The average molecular weight is 1670 g/mol. The molecule has 0 fully saturated rings. The third kappa shape index (κ3) is 68.2. The SMILES string of the molecule is C=CCCCC(=O)O.C=CCCCC(=O)OC.COC(=O)CCCC(CO[N+](=O)[O-])O[N+](=O)[O-].COc1ccc(NC(=O)COCCOCCN)c(O)c1C(N)=O.COc1ccc(NC(=O)COCCOCCNC(=O)CCCC(CO[N+](=O)[O-])O[N+](=O)[O-])c(O)c1C(N)=O.Cl.O=C(O)CCCC(CO[N+](=O)[O-])O[N+](=O)[O-].[Li+].[OH-]. The van der Waals surface area contributed by atoms with E-state index in [0.717, 1.165) is 19.3 Å². The minimum atomic E-state index is -1.18. The Kier molecular flexibility index (Phi) is 74.9. The number of aromatic hydroxyl groups is 2. The number of carboxylic acids is 2. The zero-order valence-electron chi connectivity index (χ0n) is 62.8. The van der Waals surface area contributed by atoms with Gasteiger partial charge in [-0.25, -0.2) is 0 Å². The number of anilines is 2. The number of phenols is 2. The summed E-state index contributed by atoms with van der Waals surface area (Å²) in [5, 5.41) is 97.8. The third-order valence-electron chi connectivity index (χ3n) is 12.4. The number of nitrogens with zero attached hydrogens (tertiary/aromatic N) is 6. The number of unbranched alkanes of at least 4 members (excludes halogenated alkanes) is 2. The summed E-state index contributed by atoms with van der Waals surface area (Å²) in [4.78, 5) is 184. The van der Waals surface area contributed by atoms with Crippen molar-refractivity contribution in [2.24, 2.45) is 17.2 Å². The fourth-order valence-corrected chi connectivity index (χ4v) is 7.47. The largest absolute Gasteiger partial charge is 1.00 e. The van der Waals surface area contributed by atoms with Crippen LogP contribution in [0, 0.1) is 60.7 Å². The molecule has 3 unspecified atom stereocenters. The van der Waals surface area contributed by atoms with Crippen molar-refractivity contribution in [2.75, 3.05) is 125 Å². The van der Waals surface area contributed by atoms with E-state index in [9.17, 15) is 114 Å². The van der Waals surface area contributed by atoms with Gasteiger partial charge in [0.2, 0.25) is 17.7 Å². The number of hydrogen-bond donors (Lipinski definition) is 10. The van der Waals surface area contributed by atoms with Gasteiger partial charge in [0.15, 0.2) is 11.5 Å². The number of carboxylic acid groups (broad SMARTS) is 2. The van der Waals surface area contributed by atoms with E-state index in [4.69, 9.17) is 55.8 Å². The Hall–Kier alpha value is -11.8. The number of methoxy groups -OCH3 is 4. The predicted molar refractivity (Wildman–Crippen MR) is 382 cm³/mol. The molecule has 0 saturated heterocycles. The monoisotopic (exact) mass is 1670 g/mol. The summed E-state index contributed by atoms with van der Waals surface area (Å²) in [7, 11) is 5.24. The van der Waals surface area contributed by atoms with Crippen molar-refractivity contribution in [3.05, 3.63) is 121 Å². The number of rotatable bonds is 56. The van der Waals surface area contributed by atoms with E-state index in [1.165, 1.54) is 52.7 Å². The second kappa shape index (κ2) is 74.0. The summed E-state index contributed by atoms with van der Waals surface area (Å²) in [6, 6.07) is 5.50. The number of nitrogens with two attached hydrogens (primary N) is 3. The van der Waals surface area contributed by atoms with E-state index in [-0.39, 0.29) is 193 Å². The van der Waals surface area contributed by atoms with Crippen molar-refractivity contribution in [2.45, 2.75) is 115 Å². The molecule has 0 aliphatic heterocycles. The number of carbonyl (C=O) groups excluding carboxylic acids is 7. The van der Waals surface area contributed by atoms with Crippen LogP contribution in [0.1, 0.15) is 117 Å². The van der Waals surface area contributed by atoms with Gasteiger partial charge < -0.3 is 126 Å². The molecule has 2 rings (SSSR count). The summed E-state index contributed by atoms with van der Waals surface area (Å²) < 4.78 is 39.3. The number of allylic oxidation sites excluding steroid dienone is 2. The second-order valence-corrected chi connectivity index (χ2v) is 20.8. The molecule has 52 nitrogen and oxygen atoms in total. The maximum Gasteiger partial charge on any atom is 1.00 e. The van der Waals surface area contributed by atoms with E-state index in [1.807, 2.05) is 0 Å². The van der Waals surface area contributed by atoms with Gasteiger partial charge in [0, 0.05) is 45.2 Å². The van der Waals surface area contributed by atoms with Crippen LogP contribution < -0.4 is 61.5 Å². The van der Waals surface area contributed by atoms with Crippen LogP contribution >= 0.6 is 12.4 Å². The van der Waals surface area contributed by atoms with Gasteiger partial charge in [-0.05, 0) is 88.5 Å². The fraction of sp³-hybridized carbons (Fsp3) is 0.583. The molecule has 644 valence electrons. The maximum atomic E-state index is 12.0. The molecule has 0 aromatic heterocycles. The van der Waals surface area contributed by atoms with Crippen LogP contribution in [0.2, 0.25) is 0 Å². The normalized spacial score (nSPS) is 10.4. The van der Waals surface area contributed by atoms with E-state index < -0.39 is 122 Å². The summed E-state index contributed by atoms with van der Waals surface area (Å²) >= 11 is 0. The number of hydrogen-bond acceptors (Lipinski definition) is 39. The molecule has 3 atom stereocenters. The molecule has 0 aliphatic carbocycles. The van der Waals surface area contributed by atoms with Crippen LogP contribution in [0.15, 0.2) is 49.6 Å². The van der Waals surface area contributed by atoms with Crippen LogP contribution in [0.5, 0.6) is 23.0 Å². The molecule has 2 aromatic carbocycles. The quantitative estimate of drug-likeness (QED) is 0.00745. The molecule has 54 heteroatoms. The van der Waals surface area contributed by atoms with Crippen LogP contribution in [-0.4, -0.2) is 242 Å². The number of ether oxygens (including phenoxy) is 8. The van der Waals surface area contributed by atoms with Crippen LogP contribution in [0.25, 0.3) is 0 Å². The Labute approximate surface area is 666 Å². The van der Waals surface area contributed by atoms with Gasteiger partial charge >= 0.3 is 42.7 Å². The van der Waals surface area contributed by atoms with Gasteiger partial charge in [0.25, 0.3) is 42.3 Å². The molecule has 5 amide bonds. The number of carbonyl (C=O) groups is 9. The molecule has 0 radical (unpaired) electrons. The number of benzene rings is 2. The van der Waals surface area contributed by atoms with Gasteiger partial charge in [-0.1, -0.05) is 12.2 Å². The zero-order valence-corrected chi connectivity index (χ0v) is 63.6. The summed E-state index contributed by atoms with van der Waals surface area (Å²) in [6.45, 7) is 6.45. The number of esters is 2. The molecular formula is C60H96ClLiN12O40. The first-order valence-electron chi connectivity index (χ1n) is 32.3. The summed E-state index contributed by atoms with van der Waals surface area (Å²) in [6.07, 6.45) is 4.53. The summed E-state index contributed by atoms with van der Waals surface area (Å²) in [5.74, 6) is -6.52. The molecule has 0 saturated carbocycles. The van der Waals surface area contributed by atoms with Gasteiger partial charge in [0.05, 0.1) is 79.5 Å². The van der Waals surface area contributed by atoms with Crippen LogP contribution in [0.3, 0.4) is 0 Å².